The van der Waals surface area contributed by atoms with Crippen LogP contribution in [0.25, 0.3) is 0 Å². The van der Waals surface area contributed by atoms with Gasteiger partial charge in [0.1, 0.15) is 12.4 Å². The molecule has 0 unspecified atom stereocenters. The molecule has 0 saturated carbocycles. The summed E-state index contributed by atoms with van der Waals surface area (Å²) in [6.45, 7) is 1.15. The molecule has 6 heteroatoms. The first-order chi connectivity index (χ1) is 11.6. The molecule has 0 aromatic heterocycles. The lowest BCUT2D eigenvalue weighted by Crippen LogP contribution is -2.10. The largest absolute Gasteiger partial charge is 0.493 e. The molecule has 0 aliphatic carbocycles. The van der Waals surface area contributed by atoms with Crippen molar-refractivity contribution in [3.8, 4) is 17.2 Å². The normalized spacial score (nSPS) is 9.50. The van der Waals surface area contributed by atoms with Crippen molar-refractivity contribution < 1.29 is 19.0 Å². The minimum absolute atomic E-state index is 0.196. The molecule has 0 bridgehead atoms. The Morgan fingerprint density at radius 3 is 2.25 bits per heavy atom. The zero-order chi connectivity index (χ0) is 17.8. The SMILES string of the molecule is COc1ccc(CC(=O)Cl)cc1OC.NCCOc1ccccc1. The van der Waals surface area contributed by atoms with Gasteiger partial charge in [0.25, 0.3) is 0 Å². The molecule has 0 fully saturated rings. The Bertz CT molecular complexity index is 620. The fraction of sp³-hybridized carbons (Fsp3) is 0.278. The van der Waals surface area contributed by atoms with E-state index in [9.17, 15) is 4.79 Å². The lowest BCUT2D eigenvalue weighted by Gasteiger charge is -2.08. The van der Waals surface area contributed by atoms with E-state index >= 15 is 0 Å². The molecule has 0 atom stereocenters. The molecule has 130 valence electrons. The van der Waals surface area contributed by atoms with E-state index in [1.54, 1.807) is 32.4 Å². The van der Waals surface area contributed by atoms with Crippen LogP contribution in [0.4, 0.5) is 0 Å². The quantitative estimate of drug-likeness (QED) is 0.776. The average Bonchev–Trinajstić information content (AvgIpc) is 2.60. The Morgan fingerprint density at radius 2 is 1.71 bits per heavy atom. The maximum atomic E-state index is 10.7. The van der Waals surface area contributed by atoms with Crippen molar-refractivity contribution in [3.63, 3.8) is 0 Å². The van der Waals surface area contributed by atoms with Crippen LogP contribution < -0.4 is 19.9 Å². The van der Waals surface area contributed by atoms with Crippen LogP contribution in [0.2, 0.25) is 0 Å². The summed E-state index contributed by atoms with van der Waals surface area (Å²) >= 11 is 5.27. The summed E-state index contributed by atoms with van der Waals surface area (Å²) in [6, 6.07) is 14.9. The van der Waals surface area contributed by atoms with Gasteiger partial charge < -0.3 is 19.9 Å². The van der Waals surface area contributed by atoms with E-state index in [0.717, 1.165) is 11.3 Å². The van der Waals surface area contributed by atoms with Crippen LogP contribution in [0.3, 0.4) is 0 Å². The Kier molecular flexibility index (Phi) is 9.34. The fourth-order valence-corrected chi connectivity index (χ4v) is 2.00. The third-order valence-electron chi connectivity index (χ3n) is 2.92. The fourth-order valence-electron chi connectivity index (χ4n) is 1.84. The van der Waals surface area contributed by atoms with Gasteiger partial charge >= 0.3 is 0 Å². The van der Waals surface area contributed by atoms with Crippen molar-refractivity contribution >= 4 is 16.8 Å². The van der Waals surface area contributed by atoms with Gasteiger partial charge in [0.05, 0.1) is 14.2 Å². The van der Waals surface area contributed by atoms with Gasteiger partial charge in [0.2, 0.25) is 5.24 Å². The highest BCUT2D eigenvalue weighted by Crippen LogP contribution is 2.27. The van der Waals surface area contributed by atoms with E-state index in [-0.39, 0.29) is 6.42 Å². The van der Waals surface area contributed by atoms with Gasteiger partial charge in [-0.25, -0.2) is 0 Å². The van der Waals surface area contributed by atoms with Crippen molar-refractivity contribution in [3.05, 3.63) is 54.1 Å². The number of carbonyl (C=O) groups is 1. The zero-order valence-corrected chi connectivity index (χ0v) is 14.6. The van der Waals surface area contributed by atoms with E-state index in [4.69, 9.17) is 31.5 Å². The second-order valence-corrected chi connectivity index (χ2v) is 5.09. The summed E-state index contributed by atoms with van der Waals surface area (Å²) in [5.74, 6) is 2.12. The van der Waals surface area contributed by atoms with E-state index < -0.39 is 5.24 Å². The van der Waals surface area contributed by atoms with Crippen molar-refractivity contribution in [2.75, 3.05) is 27.4 Å². The third kappa shape index (κ3) is 7.35. The third-order valence-corrected chi connectivity index (χ3v) is 3.05. The number of hydrogen-bond acceptors (Lipinski definition) is 5. The van der Waals surface area contributed by atoms with Crippen molar-refractivity contribution in [1.29, 1.82) is 0 Å². The van der Waals surface area contributed by atoms with Crippen LogP contribution in [-0.2, 0) is 11.2 Å². The minimum atomic E-state index is -0.391. The number of hydrogen-bond donors (Lipinski definition) is 1. The Labute approximate surface area is 147 Å². The lowest BCUT2D eigenvalue weighted by molar-refractivity contribution is -0.111. The standard InChI is InChI=1S/C10H11ClO3.C8H11NO/c1-13-8-4-3-7(6-10(11)12)5-9(8)14-2;9-6-7-10-8-4-2-1-3-5-8/h3-5H,6H2,1-2H3;1-5H,6-7,9H2. The molecule has 0 radical (unpaired) electrons. The Balaban J connectivity index is 0.000000254. The van der Waals surface area contributed by atoms with Crippen LogP contribution in [0.15, 0.2) is 48.5 Å². The van der Waals surface area contributed by atoms with Crippen LogP contribution in [-0.4, -0.2) is 32.6 Å². The molecule has 0 aliphatic rings. The number of halogens is 1. The molecule has 24 heavy (non-hydrogen) atoms. The smallest absolute Gasteiger partial charge is 0.226 e. The molecule has 0 heterocycles. The number of nitrogens with two attached hydrogens (primary N) is 1. The predicted octanol–water partition coefficient (Wildman–Crippen LogP) is 3.04. The minimum Gasteiger partial charge on any atom is -0.493 e. The van der Waals surface area contributed by atoms with Crippen LogP contribution in [0.5, 0.6) is 17.2 Å². The molecule has 0 amide bonds. The highest BCUT2D eigenvalue weighted by molar-refractivity contribution is 6.63. The molecule has 0 spiro atoms. The maximum Gasteiger partial charge on any atom is 0.226 e. The number of ether oxygens (including phenoxy) is 3. The second-order valence-electron chi connectivity index (χ2n) is 4.67. The summed E-state index contributed by atoms with van der Waals surface area (Å²) < 4.78 is 15.4. The molecule has 0 aliphatic heterocycles. The molecule has 2 N–H and O–H groups in total. The zero-order valence-electron chi connectivity index (χ0n) is 13.8. The summed E-state index contributed by atoms with van der Waals surface area (Å²) in [6.07, 6.45) is 0.196. The van der Waals surface area contributed by atoms with Gasteiger partial charge in [-0.2, -0.15) is 0 Å². The van der Waals surface area contributed by atoms with Crippen molar-refractivity contribution in [2.45, 2.75) is 6.42 Å². The first-order valence-electron chi connectivity index (χ1n) is 7.37. The Morgan fingerprint density at radius 1 is 1.04 bits per heavy atom. The van der Waals surface area contributed by atoms with Crippen molar-refractivity contribution in [1.82, 2.24) is 0 Å². The summed E-state index contributed by atoms with van der Waals surface area (Å²) in [4.78, 5) is 10.7. The second kappa shape index (κ2) is 11.3. The average molecular weight is 352 g/mol. The molecule has 5 nitrogen and oxygen atoms in total. The number of methoxy groups -OCH3 is 2. The summed E-state index contributed by atoms with van der Waals surface area (Å²) in [5.41, 5.74) is 6.06. The molecular formula is C18H22ClNO4. The van der Waals surface area contributed by atoms with Gasteiger partial charge in [0.15, 0.2) is 11.5 Å². The molecule has 2 aromatic carbocycles. The summed E-state index contributed by atoms with van der Waals surface area (Å²) in [5, 5.41) is -0.391. The first kappa shape index (κ1) is 19.8. The predicted molar refractivity (Wildman–Crippen MR) is 95.1 cm³/mol. The van der Waals surface area contributed by atoms with Gasteiger partial charge in [-0.3, -0.25) is 4.79 Å². The van der Waals surface area contributed by atoms with E-state index in [1.165, 1.54) is 0 Å². The number of rotatable bonds is 7. The van der Waals surface area contributed by atoms with Gasteiger partial charge in [0, 0.05) is 13.0 Å². The molecule has 2 rings (SSSR count). The molecular weight excluding hydrogens is 330 g/mol. The van der Waals surface area contributed by atoms with E-state index in [0.29, 0.717) is 24.7 Å². The van der Waals surface area contributed by atoms with Crippen LogP contribution in [0.1, 0.15) is 5.56 Å². The van der Waals surface area contributed by atoms with Crippen LogP contribution >= 0.6 is 11.6 Å². The van der Waals surface area contributed by atoms with Crippen LogP contribution in [0, 0.1) is 0 Å². The highest BCUT2D eigenvalue weighted by Gasteiger charge is 2.06. The first-order valence-corrected chi connectivity index (χ1v) is 7.75. The highest BCUT2D eigenvalue weighted by atomic mass is 35.5. The summed E-state index contributed by atoms with van der Waals surface area (Å²) in [7, 11) is 3.11. The Hall–Kier alpha value is -2.24. The number of carbonyl (C=O) groups excluding carboxylic acids is 1. The number of para-hydroxylation sites is 1. The van der Waals surface area contributed by atoms with Gasteiger partial charge in [-0.05, 0) is 41.4 Å². The maximum absolute atomic E-state index is 10.7. The monoisotopic (exact) mass is 351 g/mol. The number of benzene rings is 2. The molecule has 0 saturated heterocycles. The lowest BCUT2D eigenvalue weighted by atomic mass is 10.1. The molecule has 2 aromatic rings. The van der Waals surface area contributed by atoms with Gasteiger partial charge in [-0.15, -0.1) is 0 Å². The topological polar surface area (TPSA) is 70.8 Å². The van der Waals surface area contributed by atoms with E-state index in [1.807, 2.05) is 30.3 Å². The van der Waals surface area contributed by atoms with Gasteiger partial charge in [-0.1, -0.05) is 24.3 Å². The van der Waals surface area contributed by atoms with E-state index in [2.05, 4.69) is 0 Å². The van der Waals surface area contributed by atoms with Crippen molar-refractivity contribution in [2.24, 2.45) is 5.73 Å².